The van der Waals surface area contributed by atoms with Gasteiger partial charge in [-0.05, 0) is 46.5 Å². The highest BCUT2D eigenvalue weighted by Crippen LogP contribution is 2.47. The molecule has 26 heavy (non-hydrogen) atoms. The van der Waals surface area contributed by atoms with Crippen LogP contribution >= 0.6 is 0 Å². The molecule has 0 bridgehead atoms. The summed E-state index contributed by atoms with van der Waals surface area (Å²) in [5.74, 6) is 0.522. The number of hydrogen-bond acceptors (Lipinski definition) is 1. The Balaban J connectivity index is 3.56. The minimum atomic E-state index is -0.0569. The number of benzene rings is 1. The molecule has 1 rings (SSSR count). The van der Waals surface area contributed by atoms with E-state index in [1.54, 1.807) is 0 Å². The van der Waals surface area contributed by atoms with Gasteiger partial charge < -0.3 is 5.11 Å². The van der Waals surface area contributed by atoms with Gasteiger partial charge in [-0.25, -0.2) is 0 Å². The second-order valence-electron chi connectivity index (χ2n) is 12.0. The SMILES string of the molecule is CCCc1cc(C(C)(C)CC(C)(C)C)c(O)c(C(C)(C)CC(C)(C)C)c1. The molecule has 0 fully saturated rings. The highest BCUT2D eigenvalue weighted by Gasteiger charge is 2.35. The van der Waals surface area contributed by atoms with Crippen molar-refractivity contribution in [1.82, 2.24) is 0 Å². The van der Waals surface area contributed by atoms with Gasteiger partial charge in [0, 0.05) is 11.1 Å². The van der Waals surface area contributed by atoms with E-state index in [0.717, 1.165) is 36.8 Å². The van der Waals surface area contributed by atoms with Crippen molar-refractivity contribution in [3.05, 3.63) is 28.8 Å². The van der Waals surface area contributed by atoms with Crippen LogP contribution in [0.1, 0.15) is 112 Å². The van der Waals surface area contributed by atoms with E-state index < -0.39 is 0 Å². The topological polar surface area (TPSA) is 20.2 Å². The summed E-state index contributed by atoms with van der Waals surface area (Å²) in [7, 11) is 0. The van der Waals surface area contributed by atoms with Crippen LogP contribution in [0.3, 0.4) is 0 Å². The number of aryl methyl sites for hydroxylation is 1. The number of hydrogen-bond donors (Lipinski definition) is 1. The van der Waals surface area contributed by atoms with Gasteiger partial charge in [0.2, 0.25) is 0 Å². The molecule has 1 aromatic rings. The largest absolute Gasteiger partial charge is 0.507 e. The highest BCUT2D eigenvalue weighted by molar-refractivity contribution is 5.50. The molecule has 1 N–H and O–H groups in total. The Morgan fingerprint density at radius 2 is 1.04 bits per heavy atom. The minimum Gasteiger partial charge on any atom is -0.507 e. The molecule has 1 aromatic carbocycles. The average molecular weight is 361 g/mol. The average Bonchev–Trinajstić information content (AvgIpc) is 2.34. The van der Waals surface area contributed by atoms with E-state index in [1.165, 1.54) is 5.56 Å². The number of rotatable bonds is 6. The van der Waals surface area contributed by atoms with Crippen LogP contribution in [0.2, 0.25) is 0 Å². The molecule has 0 radical (unpaired) electrons. The van der Waals surface area contributed by atoms with Crippen molar-refractivity contribution >= 4 is 0 Å². The van der Waals surface area contributed by atoms with Crippen molar-refractivity contribution < 1.29 is 5.11 Å². The van der Waals surface area contributed by atoms with Gasteiger partial charge in [-0.2, -0.15) is 0 Å². The molecule has 0 amide bonds. The van der Waals surface area contributed by atoms with Crippen molar-refractivity contribution in [2.75, 3.05) is 0 Å². The van der Waals surface area contributed by atoms with Crippen molar-refractivity contribution in [2.45, 2.75) is 113 Å². The predicted octanol–water partition coefficient (Wildman–Crippen LogP) is 7.77. The molecule has 0 spiro atoms. The van der Waals surface area contributed by atoms with E-state index in [1.807, 2.05) is 0 Å². The van der Waals surface area contributed by atoms with Crippen LogP contribution in [0.25, 0.3) is 0 Å². The quantitative estimate of drug-likeness (QED) is 0.549. The summed E-state index contributed by atoms with van der Waals surface area (Å²) >= 11 is 0. The Hall–Kier alpha value is -0.980. The monoisotopic (exact) mass is 360 g/mol. The highest BCUT2D eigenvalue weighted by atomic mass is 16.3. The van der Waals surface area contributed by atoms with Gasteiger partial charge in [-0.3, -0.25) is 0 Å². The van der Waals surface area contributed by atoms with Crippen molar-refractivity contribution in [2.24, 2.45) is 10.8 Å². The normalized spacial score (nSPS) is 14.0. The maximum Gasteiger partial charge on any atom is 0.123 e. The molecule has 0 aliphatic heterocycles. The first-order chi connectivity index (χ1) is 11.5. The van der Waals surface area contributed by atoms with Crippen LogP contribution in [0.5, 0.6) is 5.75 Å². The third kappa shape index (κ3) is 6.32. The lowest BCUT2D eigenvalue weighted by Crippen LogP contribution is -2.28. The molecule has 0 atom stereocenters. The van der Waals surface area contributed by atoms with E-state index in [-0.39, 0.29) is 21.7 Å². The third-order valence-electron chi connectivity index (χ3n) is 5.11. The lowest BCUT2D eigenvalue weighted by molar-refractivity contribution is 0.268. The van der Waals surface area contributed by atoms with Crippen LogP contribution in [0.4, 0.5) is 0 Å². The van der Waals surface area contributed by atoms with Crippen LogP contribution in [0, 0.1) is 10.8 Å². The zero-order valence-electron chi connectivity index (χ0n) is 19.4. The van der Waals surface area contributed by atoms with E-state index in [9.17, 15) is 5.11 Å². The van der Waals surface area contributed by atoms with Gasteiger partial charge in [0.05, 0.1) is 0 Å². The van der Waals surface area contributed by atoms with Crippen LogP contribution < -0.4 is 0 Å². The predicted molar refractivity (Wildman–Crippen MR) is 116 cm³/mol. The van der Waals surface area contributed by atoms with Crippen molar-refractivity contribution in [3.63, 3.8) is 0 Å². The molecule has 0 aliphatic carbocycles. The molecule has 1 heteroatoms. The molecule has 0 heterocycles. The van der Waals surface area contributed by atoms with Crippen molar-refractivity contribution in [3.8, 4) is 5.75 Å². The lowest BCUT2D eigenvalue weighted by Gasteiger charge is -2.37. The van der Waals surface area contributed by atoms with Gasteiger partial charge in [-0.1, -0.05) is 94.7 Å². The van der Waals surface area contributed by atoms with Crippen LogP contribution in [-0.4, -0.2) is 5.11 Å². The zero-order valence-corrected chi connectivity index (χ0v) is 19.4. The summed E-state index contributed by atoms with van der Waals surface area (Å²) in [6.45, 7) is 25.1. The van der Waals surface area contributed by atoms with Crippen molar-refractivity contribution in [1.29, 1.82) is 0 Å². The summed E-state index contributed by atoms with van der Waals surface area (Å²) in [6.07, 6.45) is 4.28. The van der Waals surface area contributed by atoms with Crippen LogP contribution in [-0.2, 0) is 17.3 Å². The smallest absolute Gasteiger partial charge is 0.123 e. The van der Waals surface area contributed by atoms with Crippen LogP contribution in [0.15, 0.2) is 12.1 Å². The first-order valence-corrected chi connectivity index (χ1v) is 10.4. The molecule has 150 valence electrons. The second kappa shape index (κ2) is 7.56. The fraction of sp³-hybridized carbons (Fsp3) is 0.760. The van der Waals surface area contributed by atoms with E-state index in [0.29, 0.717) is 5.75 Å². The van der Waals surface area contributed by atoms with Gasteiger partial charge in [0.25, 0.3) is 0 Å². The summed E-state index contributed by atoms with van der Waals surface area (Å²) in [4.78, 5) is 0. The van der Waals surface area contributed by atoms with Gasteiger partial charge in [-0.15, -0.1) is 0 Å². The minimum absolute atomic E-state index is 0.0569. The summed E-state index contributed by atoms with van der Waals surface area (Å²) in [6, 6.07) is 4.53. The van der Waals surface area contributed by atoms with Gasteiger partial charge in [0.15, 0.2) is 0 Å². The third-order valence-corrected chi connectivity index (χ3v) is 5.11. The number of phenolic OH excluding ortho intramolecular Hbond substituents is 1. The maximum absolute atomic E-state index is 11.3. The Morgan fingerprint density at radius 3 is 1.31 bits per heavy atom. The Bertz CT molecular complexity index is 557. The Kier molecular flexibility index (Phi) is 6.71. The molecule has 0 aliphatic rings. The summed E-state index contributed by atoms with van der Waals surface area (Å²) in [5, 5.41) is 11.3. The molecule has 0 aromatic heterocycles. The number of phenols is 1. The fourth-order valence-corrected chi connectivity index (χ4v) is 5.00. The summed E-state index contributed by atoms with van der Waals surface area (Å²) in [5.41, 5.74) is 3.93. The Labute approximate surface area is 163 Å². The molecular weight excluding hydrogens is 316 g/mol. The zero-order chi connectivity index (χ0) is 20.6. The lowest BCUT2D eigenvalue weighted by atomic mass is 9.67. The molecule has 1 nitrogen and oxygen atoms in total. The van der Waals surface area contributed by atoms with Gasteiger partial charge in [0.1, 0.15) is 5.75 Å². The first-order valence-electron chi connectivity index (χ1n) is 10.4. The fourth-order valence-electron chi connectivity index (χ4n) is 5.00. The van der Waals surface area contributed by atoms with E-state index in [2.05, 4.69) is 88.3 Å². The molecular formula is C25H44O. The maximum atomic E-state index is 11.3. The molecule has 0 saturated carbocycles. The second-order valence-corrected chi connectivity index (χ2v) is 12.0. The molecule has 0 saturated heterocycles. The van der Waals surface area contributed by atoms with Gasteiger partial charge >= 0.3 is 0 Å². The number of aromatic hydroxyl groups is 1. The molecule has 0 unspecified atom stereocenters. The van der Waals surface area contributed by atoms with E-state index in [4.69, 9.17) is 0 Å². The standard InChI is InChI=1S/C25H44O/c1-12-13-18-14-19(24(8,9)16-22(2,3)4)21(26)20(15-18)25(10,11)17-23(5,6)7/h14-15,26H,12-13,16-17H2,1-11H3. The first kappa shape index (κ1) is 23.1. The Morgan fingerprint density at radius 1 is 0.692 bits per heavy atom. The van der Waals surface area contributed by atoms with E-state index >= 15 is 0 Å². The summed E-state index contributed by atoms with van der Waals surface area (Å²) < 4.78 is 0.